The Morgan fingerprint density at radius 3 is 2.64 bits per heavy atom. The van der Waals surface area contributed by atoms with Crippen LogP contribution in [0.3, 0.4) is 0 Å². The summed E-state index contributed by atoms with van der Waals surface area (Å²) in [5, 5.41) is 9.74. The normalized spacial score (nSPS) is 30.8. The van der Waals surface area contributed by atoms with Crippen LogP contribution in [0.2, 0.25) is 0 Å². The van der Waals surface area contributed by atoms with Gasteiger partial charge in [-0.3, -0.25) is 0 Å². The number of aliphatic hydroxyl groups is 1. The molecule has 2 nitrogen and oxygen atoms in total. The number of rotatable bonds is 3. The molecule has 1 aliphatic carbocycles. The van der Waals surface area contributed by atoms with Crippen LogP contribution >= 0.6 is 7.80 Å². The zero-order valence-electron chi connectivity index (χ0n) is 8.83. The first-order valence-electron chi connectivity index (χ1n) is 4.97. The molecule has 0 saturated carbocycles. The molecule has 0 aromatic carbocycles. The smallest absolute Gasteiger partial charge is 0.350 e. The summed E-state index contributed by atoms with van der Waals surface area (Å²) in [5.41, 5.74) is 0.585. The fraction of sp³-hybridized carbons (Fsp3) is 0.800. The first-order chi connectivity index (χ1) is 6.49. The van der Waals surface area contributed by atoms with Crippen molar-refractivity contribution in [2.45, 2.75) is 33.0 Å². The Labute approximate surface area is 85.0 Å². The maximum Gasteiger partial charge on any atom is 0.370 e. The SMILES string of the molecule is CC[P+](=O)C(O)[C@H]1C[C@@H](C)C(F)=C1C. The largest absolute Gasteiger partial charge is 0.370 e. The minimum atomic E-state index is -1.61. The second-order valence-corrected chi connectivity index (χ2v) is 5.92. The highest BCUT2D eigenvalue weighted by atomic mass is 31.1. The maximum atomic E-state index is 13.4. The summed E-state index contributed by atoms with van der Waals surface area (Å²) in [6, 6.07) is 0. The zero-order chi connectivity index (χ0) is 10.9. The lowest BCUT2D eigenvalue weighted by Crippen LogP contribution is -2.16. The van der Waals surface area contributed by atoms with Crippen LogP contribution in [-0.4, -0.2) is 17.1 Å². The molecule has 4 heteroatoms. The Balaban J connectivity index is 2.78. The molecule has 4 atom stereocenters. The Bertz CT molecular complexity index is 275. The van der Waals surface area contributed by atoms with Crippen molar-refractivity contribution in [3.8, 4) is 0 Å². The number of allylic oxidation sites excluding steroid dienone is 1. The van der Waals surface area contributed by atoms with Gasteiger partial charge in [0.05, 0.1) is 5.92 Å². The summed E-state index contributed by atoms with van der Waals surface area (Å²) in [6.07, 6.45) is 1.04. The van der Waals surface area contributed by atoms with Gasteiger partial charge in [-0.05, 0) is 25.8 Å². The van der Waals surface area contributed by atoms with Crippen molar-refractivity contribution >= 4 is 7.80 Å². The minimum absolute atomic E-state index is 0.130. The highest BCUT2D eigenvalue weighted by Crippen LogP contribution is 2.44. The van der Waals surface area contributed by atoms with Crippen molar-refractivity contribution in [2.24, 2.45) is 11.8 Å². The van der Waals surface area contributed by atoms with E-state index in [0.29, 0.717) is 18.2 Å². The predicted octanol–water partition coefficient (Wildman–Crippen LogP) is 3.05. The Hall–Kier alpha value is -0.270. The molecule has 1 N–H and O–H groups in total. The van der Waals surface area contributed by atoms with Crippen molar-refractivity contribution in [3.63, 3.8) is 0 Å². The van der Waals surface area contributed by atoms with E-state index in [1.54, 1.807) is 20.8 Å². The fourth-order valence-electron chi connectivity index (χ4n) is 1.96. The third-order valence-electron chi connectivity index (χ3n) is 2.94. The Morgan fingerprint density at radius 1 is 1.71 bits per heavy atom. The molecule has 0 amide bonds. The standard InChI is InChI=1S/C10H17FO2P/c1-4-14(13)10(12)8-5-6(2)9(11)7(8)3/h6,8,10,12H,4-5H2,1-3H3/q+1/t6-,8+,10?/m1/s1. The molecule has 0 fully saturated rings. The molecular formula is C10H17FO2P+. The summed E-state index contributed by atoms with van der Waals surface area (Å²) in [4.78, 5) is 0. The zero-order valence-corrected chi connectivity index (χ0v) is 9.72. The third kappa shape index (κ3) is 2.04. The summed E-state index contributed by atoms with van der Waals surface area (Å²) in [5.74, 6) is -1.37. The van der Waals surface area contributed by atoms with Gasteiger partial charge in [-0.2, -0.15) is 0 Å². The van der Waals surface area contributed by atoms with Crippen LogP contribution in [0.4, 0.5) is 4.39 Å². The molecule has 0 spiro atoms. The summed E-state index contributed by atoms with van der Waals surface area (Å²) >= 11 is 0. The molecule has 2 unspecified atom stereocenters. The van der Waals surface area contributed by atoms with Gasteiger partial charge in [-0.15, -0.1) is 0 Å². The van der Waals surface area contributed by atoms with Crippen LogP contribution in [0, 0.1) is 11.8 Å². The van der Waals surface area contributed by atoms with Crippen LogP contribution in [0.15, 0.2) is 11.4 Å². The van der Waals surface area contributed by atoms with E-state index in [4.69, 9.17) is 0 Å². The Kier molecular flexibility index (Phi) is 3.79. The molecule has 14 heavy (non-hydrogen) atoms. The van der Waals surface area contributed by atoms with Crippen LogP contribution in [0.1, 0.15) is 27.2 Å². The topological polar surface area (TPSA) is 37.3 Å². The molecule has 0 radical (unpaired) electrons. The Morgan fingerprint density at radius 2 is 2.29 bits per heavy atom. The van der Waals surface area contributed by atoms with E-state index in [2.05, 4.69) is 0 Å². The maximum absolute atomic E-state index is 13.4. The highest BCUT2D eigenvalue weighted by molar-refractivity contribution is 7.45. The van der Waals surface area contributed by atoms with E-state index in [-0.39, 0.29) is 17.7 Å². The average Bonchev–Trinajstić information content (AvgIpc) is 2.43. The molecule has 0 aliphatic heterocycles. The molecule has 0 aromatic heterocycles. The van der Waals surface area contributed by atoms with Crippen molar-refractivity contribution in [3.05, 3.63) is 11.4 Å². The van der Waals surface area contributed by atoms with Gasteiger partial charge >= 0.3 is 7.80 Å². The van der Waals surface area contributed by atoms with Gasteiger partial charge in [-0.1, -0.05) is 11.5 Å². The van der Waals surface area contributed by atoms with E-state index in [0.717, 1.165) is 0 Å². The average molecular weight is 219 g/mol. The van der Waals surface area contributed by atoms with Gasteiger partial charge in [0.25, 0.3) is 5.85 Å². The molecular weight excluding hydrogens is 202 g/mol. The molecule has 0 bridgehead atoms. The van der Waals surface area contributed by atoms with E-state index in [1.807, 2.05) is 0 Å². The van der Waals surface area contributed by atoms with E-state index >= 15 is 0 Å². The van der Waals surface area contributed by atoms with Gasteiger partial charge < -0.3 is 5.11 Å². The monoisotopic (exact) mass is 219 g/mol. The molecule has 0 heterocycles. The van der Waals surface area contributed by atoms with Gasteiger partial charge in [0, 0.05) is 5.92 Å². The quantitative estimate of drug-likeness (QED) is 0.741. The van der Waals surface area contributed by atoms with Crippen molar-refractivity contribution in [2.75, 3.05) is 6.16 Å². The number of halogens is 1. The summed E-state index contributed by atoms with van der Waals surface area (Å²) < 4.78 is 24.8. The van der Waals surface area contributed by atoms with Gasteiger partial charge in [-0.25, -0.2) is 4.39 Å². The van der Waals surface area contributed by atoms with Crippen molar-refractivity contribution in [1.29, 1.82) is 0 Å². The molecule has 0 aromatic rings. The summed E-state index contributed by atoms with van der Waals surface area (Å²) in [7, 11) is -1.61. The van der Waals surface area contributed by atoms with E-state index in [9.17, 15) is 14.1 Å². The molecule has 0 saturated heterocycles. The lowest BCUT2D eigenvalue weighted by Gasteiger charge is -2.10. The number of hydrogen-bond acceptors (Lipinski definition) is 2. The molecule has 1 aliphatic rings. The first kappa shape index (κ1) is 11.8. The van der Waals surface area contributed by atoms with Crippen molar-refractivity contribution in [1.82, 2.24) is 0 Å². The lowest BCUT2D eigenvalue weighted by atomic mass is 10.0. The second kappa shape index (κ2) is 4.50. The van der Waals surface area contributed by atoms with E-state index < -0.39 is 13.6 Å². The number of hydrogen-bond donors (Lipinski definition) is 1. The van der Waals surface area contributed by atoms with Gasteiger partial charge in [0.1, 0.15) is 12.0 Å². The highest BCUT2D eigenvalue weighted by Gasteiger charge is 2.41. The molecule has 80 valence electrons. The van der Waals surface area contributed by atoms with Crippen LogP contribution in [0.25, 0.3) is 0 Å². The van der Waals surface area contributed by atoms with Crippen LogP contribution in [-0.2, 0) is 4.57 Å². The third-order valence-corrected chi connectivity index (χ3v) is 4.51. The van der Waals surface area contributed by atoms with Gasteiger partial charge in [0.2, 0.25) is 0 Å². The lowest BCUT2D eigenvalue weighted by molar-refractivity contribution is 0.195. The van der Waals surface area contributed by atoms with Crippen molar-refractivity contribution < 1.29 is 14.1 Å². The molecule has 1 rings (SSSR count). The summed E-state index contributed by atoms with van der Waals surface area (Å²) in [6.45, 7) is 5.26. The first-order valence-corrected chi connectivity index (χ1v) is 6.48. The van der Waals surface area contributed by atoms with Gasteiger partial charge in [0.15, 0.2) is 0 Å². The van der Waals surface area contributed by atoms with Crippen LogP contribution in [0.5, 0.6) is 0 Å². The van der Waals surface area contributed by atoms with Crippen LogP contribution < -0.4 is 0 Å². The second-order valence-electron chi connectivity index (χ2n) is 3.92. The number of aliphatic hydroxyl groups excluding tert-OH is 1. The minimum Gasteiger partial charge on any atom is -0.350 e. The predicted molar refractivity (Wildman–Crippen MR) is 55.2 cm³/mol. The fourth-order valence-corrected chi connectivity index (χ4v) is 3.08. The van der Waals surface area contributed by atoms with E-state index in [1.165, 1.54) is 0 Å².